The van der Waals surface area contributed by atoms with E-state index < -0.39 is 5.82 Å². The van der Waals surface area contributed by atoms with E-state index in [2.05, 4.69) is 15.9 Å². The molecule has 1 unspecified atom stereocenters. The molecule has 5 heteroatoms. The fraction of sp³-hybridized carbons (Fsp3) is 0.167. The van der Waals surface area contributed by atoms with Crippen molar-refractivity contribution < 1.29 is 9.13 Å². The molecule has 1 aromatic carbocycles. The highest BCUT2D eigenvalue weighted by Gasteiger charge is 2.14. The molecule has 0 fully saturated rings. The van der Waals surface area contributed by atoms with Crippen molar-refractivity contribution in [2.24, 2.45) is 5.73 Å². The second-order valence-corrected chi connectivity index (χ2v) is 5.17. The summed E-state index contributed by atoms with van der Waals surface area (Å²) in [4.78, 5) is 0. The van der Waals surface area contributed by atoms with E-state index in [1.807, 2.05) is 16.8 Å². The predicted octanol–water partition coefficient (Wildman–Crippen LogP) is 3.73. The monoisotopic (exact) mass is 315 g/mol. The summed E-state index contributed by atoms with van der Waals surface area (Å²) in [6, 6.07) is 6.63. The Kier molecular flexibility index (Phi) is 4.15. The standard InChI is InChI=1S/C12H11BrFNOS/c13-9-1-2-11(10(14)5-9)16-12(6-15)8-3-4-17-7-8/h1-5,7,12H,6,15H2. The van der Waals surface area contributed by atoms with Gasteiger partial charge in [0.25, 0.3) is 0 Å². The maximum atomic E-state index is 13.6. The van der Waals surface area contributed by atoms with Gasteiger partial charge in [-0.05, 0) is 35.0 Å². The van der Waals surface area contributed by atoms with Gasteiger partial charge < -0.3 is 10.5 Å². The zero-order valence-corrected chi connectivity index (χ0v) is 11.3. The van der Waals surface area contributed by atoms with Gasteiger partial charge in [0, 0.05) is 16.6 Å². The van der Waals surface area contributed by atoms with Crippen LogP contribution in [0, 0.1) is 5.82 Å². The molecule has 0 saturated carbocycles. The molecule has 2 nitrogen and oxygen atoms in total. The van der Waals surface area contributed by atoms with E-state index in [4.69, 9.17) is 10.5 Å². The molecule has 1 heterocycles. The van der Waals surface area contributed by atoms with Crippen molar-refractivity contribution in [2.45, 2.75) is 6.10 Å². The van der Waals surface area contributed by atoms with Crippen LogP contribution in [-0.4, -0.2) is 6.54 Å². The van der Waals surface area contributed by atoms with Crippen molar-refractivity contribution in [3.63, 3.8) is 0 Å². The summed E-state index contributed by atoms with van der Waals surface area (Å²) >= 11 is 4.76. The Morgan fingerprint density at radius 3 is 2.82 bits per heavy atom. The molecule has 0 radical (unpaired) electrons. The Morgan fingerprint density at radius 1 is 1.41 bits per heavy atom. The van der Waals surface area contributed by atoms with Crippen molar-refractivity contribution in [3.05, 3.63) is 50.9 Å². The highest BCUT2D eigenvalue weighted by molar-refractivity contribution is 9.10. The van der Waals surface area contributed by atoms with Gasteiger partial charge in [-0.15, -0.1) is 0 Å². The number of halogens is 2. The highest BCUT2D eigenvalue weighted by atomic mass is 79.9. The normalized spacial score (nSPS) is 12.4. The third-order valence-corrected chi connectivity index (χ3v) is 3.49. The third-order valence-electron chi connectivity index (χ3n) is 2.29. The van der Waals surface area contributed by atoms with Crippen LogP contribution in [-0.2, 0) is 0 Å². The van der Waals surface area contributed by atoms with Crippen LogP contribution in [0.4, 0.5) is 4.39 Å². The lowest BCUT2D eigenvalue weighted by atomic mass is 10.2. The van der Waals surface area contributed by atoms with Crippen LogP contribution in [0.3, 0.4) is 0 Å². The van der Waals surface area contributed by atoms with Crippen LogP contribution in [0.2, 0.25) is 0 Å². The number of nitrogens with two attached hydrogens (primary N) is 1. The summed E-state index contributed by atoms with van der Waals surface area (Å²) in [5, 5.41) is 3.90. The van der Waals surface area contributed by atoms with E-state index >= 15 is 0 Å². The van der Waals surface area contributed by atoms with Crippen LogP contribution in [0.1, 0.15) is 11.7 Å². The Bertz CT molecular complexity index is 489. The molecule has 0 aliphatic carbocycles. The SMILES string of the molecule is NCC(Oc1ccc(Br)cc1F)c1ccsc1. The van der Waals surface area contributed by atoms with Gasteiger partial charge in [-0.25, -0.2) is 4.39 Å². The van der Waals surface area contributed by atoms with E-state index in [0.717, 1.165) is 5.56 Å². The minimum absolute atomic E-state index is 0.217. The number of benzene rings is 1. The lowest BCUT2D eigenvalue weighted by molar-refractivity contribution is 0.205. The molecule has 0 aliphatic rings. The predicted molar refractivity (Wildman–Crippen MR) is 70.8 cm³/mol. The number of ether oxygens (including phenoxy) is 1. The van der Waals surface area contributed by atoms with Gasteiger partial charge in [0.15, 0.2) is 11.6 Å². The first kappa shape index (κ1) is 12.5. The Morgan fingerprint density at radius 2 is 2.24 bits per heavy atom. The van der Waals surface area contributed by atoms with Gasteiger partial charge in [-0.1, -0.05) is 15.9 Å². The summed E-state index contributed by atoms with van der Waals surface area (Å²) in [5.41, 5.74) is 6.61. The van der Waals surface area contributed by atoms with Crippen molar-refractivity contribution >= 4 is 27.3 Å². The molecule has 17 heavy (non-hydrogen) atoms. The first-order valence-electron chi connectivity index (χ1n) is 5.04. The molecule has 1 atom stereocenters. The Labute approximate surface area is 111 Å². The minimum atomic E-state index is -0.395. The third kappa shape index (κ3) is 3.06. The minimum Gasteiger partial charge on any atom is -0.481 e. The van der Waals surface area contributed by atoms with E-state index in [0.29, 0.717) is 11.0 Å². The van der Waals surface area contributed by atoms with Gasteiger partial charge in [0.2, 0.25) is 0 Å². The fourth-order valence-electron chi connectivity index (χ4n) is 1.43. The fourth-order valence-corrected chi connectivity index (χ4v) is 2.47. The number of rotatable bonds is 4. The quantitative estimate of drug-likeness (QED) is 0.933. The average molecular weight is 316 g/mol. The highest BCUT2D eigenvalue weighted by Crippen LogP contribution is 2.27. The molecular weight excluding hydrogens is 305 g/mol. The summed E-state index contributed by atoms with van der Waals surface area (Å²) in [5.74, 6) is -0.178. The lowest BCUT2D eigenvalue weighted by Crippen LogP contribution is -2.18. The van der Waals surface area contributed by atoms with E-state index in [1.165, 1.54) is 6.07 Å². The molecule has 2 aromatic rings. The first-order valence-corrected chi connectivity index (χ1v) is 6.78. The van der Waals surface area contributed by atoms with E-state index in [-0.39, 0.29) is 11.9 Å². The molecule has 0 amide bonds. The molecule has 90 valence electrons. The van der Waals surface area contributed by atoms with Gasteiger partial charge in [-0.3, -0.25) is 0 Å². The van der Waals surface area contributed by atoms with Crippen LogP contribution in [0.5, 0.6) is 5.75 Å². The largest absolute Gasteiger partial charge is 0.481 e. The smallest absolute Gasteiger partial charge is 0.166 e. The average Bonchev–Trinajstić information content (AvgIpc) is 2.81. The van der Waals surface area contributed by atoms with Crippen molar-refractivity contribution in [2.75, 3.05) is 6.54 Å². The number of hydrogen-bond donors (Lipinski definition) is 1. The second kappa shape index (κ2) is 5.62. The lowest BCUT2D eigenvalue weighted by Gasteiger charge is -2.16. The van der Waals surface area contributed by atoms with Crippen LogP contribution in [0.25, 0.3) is 0 Å². The molecule has 0 spiro atoms. The van der Waals surface area contributed by atoms with Gasteiger partial charge >= 0.3 is 0 Å². The number of hydrogen-bond acceptors (Lipinski definition) is 3. The van der Waals surface area contributed by atoms with Gasteiger partial charge in [0.1, 0.15) is 6.10 Å². The first-order chi connectivity index (χ1) is 8.20. The number of thiophene rings is 1. The zero-order valence-electron chi connectivity index (χ0n) is 8.90. The molecule has 1 aromatic heterocycles. The second-order valence-electron chi connectivity index (χ2n) is 3.47. The van der Waals surface area contributed by atoms with Crippen molar-refractivity contribution in [1.82, 2.24) is 0 Å². The van der Waals surface area contributed by atoms with Crippen molar-refractivity contribution in [1.29, 1.82) is 0 Å². The molecule has 0 bridgehead atoms. The maximum absolute atomic E-state index is 13.6. The summed E-state index contributed by atoms with van der Waals surface area (Å²) in [6.45, 7) is 0.312. The zero-order chi connectivity index (χ0) is 12.3. The molecule has 0 saturated heterocycles. The topological polar surface area (TPSA) is 35.2 Å². The molecule has 2 N–H and O–H groups in total. The summed E-state index contributed by atoms with van der Waals surface area (Å²) < 4.78 is 19.9. The van der Waals surface area contributed by atoms with Gasteiger partial charge in [-0.2, -0.15) is 11.3 Å². The van der Waals surface area contributed by atoms with Crippen LogP contribution < -0.4 is 10.5 Å². The summed E-state index contributed by atoms with van der Waals surface area (Å²) in [7, 11) is 0. The molecule has 0 aliphatic heterocycles. The Hall–Kier alpha value is -0.910. The van der Waals surface area contributed by atoms with Crippen LogP contribution in [0.15, 0.2) is 39.5 Å². The maximum Gasteiger partial charge on any atom is 0.166 e. The molecule has 2 rings (SSSR count). The Balaban J connectivity index is 2.19. The van der Waals surface area contributed by atoms with Crippen LogP contribution >= 0.6 is 27.3 Å². The van der Waals surface area contributed by atoms with E-state index in [9.17, 15) is 4.39 Å². The van der Waals surface area contributed by atoms with E-state index in [1.54, 1.807) is 23.5 Å². The van der Waals surface area contributed by atoms with Gasteiger partial charge in [0.05, 0.1) is 0 Å². The van der Waals surface area contributed by atoms with Crippen molar-refractivity contribution in [3.8, 4) is 5.75 Å². The molecular formula is C12H11BrFNOS. The summed E-state index contributed by atoms with van der Waals surface area (Å²) in [6.07, 6.45) is -0.308.